The van der Waals surface area contributed by atoms with Crippen LogP contribution in [0.4, 0.5) is 0 Å². The third-order valence-electron chi connectivity index (χ3n) is 4.36. The molecule has 0 bridgehead atoms. The first-order valence-electron chi connectivity index (χ1n) is 9.47. The smallest absolute Gasteiger partial charge is 0.244 e. The molecule has 1 heterocycles. The van der Waals surface area contributed by atoms with Gasteiger partial charge in [0.15, 0.2) is 13.2 Å². The minimum atomic E-state index is -0.228. The number of benzene rings is 2. The quantitative estimate of drug-likeness (QED) is 0.283. The number of rotatable bonds is 11. The number of nitrogens with zero attached hydrogens (tertiary/aromatic N) is 2. The van der Waals surface area contributed by atoms with E-state index in [2.05, 4.69) is 22.5 Å². The van der Waals surface area contributed by atoms with Gasteiger partial charge in [-0.05, 0) is 30.3 Å². The topological polar surface area (TPSA) is 44.3 Å². The maximum Gasteiger partial charge on any atom is 0.244 e. The Kier molecular flexibility index (Phi) is 10.3. The lowest BCUT2D eigenvalue weighted by atomic mass is 10.1. The average Bonchev–Trinajstić information content (AvgIpc) is 3.18. The van der Waals surface area contributed by atoms with Crippen LogP contribution in [0.2, 0.25) is 5.02 Å². The summed E-state index contributed by atoms with van der Waals surface area (Å²) in [6, 6.07) is 15.0. The molecule has 3 rings (SSSR count). The first-order valence-corrected chi connectivity index (χ1v) is 10.6. The molecule has 0 N–H and O–H groups in total. The number of hydrogen-bond donors (Lipinski definition) is 0. The lowest BCUT2D eigenvalue weighted by molar-refractivity contribution is -0.704. The highest BCUT2D eigenvalue weighted by Crippen LogP contribution is 2.25. The van der Waals surface area contributed by atoms with Crippen LogP contribution in [0.3, 0.4) is 0 Å². The number of imidazole rings is 1. The van der Waals surface area contributed by atoms with E-state index in [9.17, 15) is 4.79 Å². The molecule has 31 heavy (non-hydrogen) atoms. The van der Waals surface area contributed by atoms with Crippen LogP contribution in [0.15, 0.2) is 84.4 Å². The Morgan fingerprint density at radius 1 is 1.23 bits per heavy atom. The molecule has 0 fully saturated rings. The van der Waals surface area contributed by atoms with Crippen LogP contribution < -0.4 is 21.7 Å². The zero-order valence-corrected chi connectivity index (χ0v) is 19.9. The van der Waals surface area contributed by atoms with Gasteiger partial charge >= 0.3 is 0 Å². The molecule has 1 atom stereocenters. The van der Waals surface area contributed by atoms with Gasteiger partial charge in [-0.2, -0.15) is 0 Å². The van der Waals surface area contributed by atoms with Gasteiger partial charge in [-0.25, -0.2) is 9.13 Å². The predicted octanol–water partition coefficient (Wildman–Crippen LogP) is 1.79. The molecule has 0 saturated heterocycles. The van der Waals surface area contributed by atoms with Crippen LogP contribution in [0.25, 0.3) is 0 Å². The summed E-state index contributed by atoms with van der Waals surface area (Å²) in [7, 11) is 0. The summed E-state index contributed by atoms with van der Waals surface area (Å²) < 4.78 is 16.2. The molecule has 164 valence electrons. The minimum absolute atomic E-state index is 0. The van der Waals surface area contributed by atoms with Gasteiger partial charge in [0, 0.05) is 15.1 Å². The van der Waals surface area contributed by atoms with Crippen LogP contribution in [-0.4, -0.2) is 23.6 Å². The molecule has 1 aromatic heterocycles. The van der Waals surface area contributed by atoms with E-state index in [1.54, 1.807) is 6.08 Å². The largest absolute Gasteiger partial charge is 1.00 e. The molecular weight excluding hydrogens is 503 g/mol. The van der Waals surface area contributed by atoms with E-state index >= 15 is 0 Å². The lowest BCUT2D eigenvalue weighted by Crippen LogP contribution is -3.00. The number of ketones is 1. The van der Waals surface area contributed by atoms with Gasteiger partial charge in [0.1, 0.15) is 30.8 Å². The van der Waals surface area contributed by atoms with E-state index in [0.29, 0.717) is 23.9 Å². The third-order valence-corrected chi connectivity index (χ3v) is 5.24. The summed E-state index contributed by atoms with van der Waals surface area (Å²) in [5, 5.41) is 0.659. The van der Waals surface area contributed by atoms with Crippen molar-refractivity contribution in [2.45, 2.75) is 19.2 Å². The normalized spacial score (nSPS) is 11.4. The van der Waals surface area contributed by atoms with Crippen molar-refractivity contribution in [1.29, 1.82) is 0 Å². The summed E-state index contributed by atoms with van der Waals surface area (Å²) in [5.41, 5.74) is 0.917. The van der Waals surface area contributed by atoms with Crippen molar-refractivity contribution in [1.82, 2.24) is 4.57 Å². The van der Waals surface area contributed by atoms with E-state index in [1.807, 2.05) is 76.4 Å². The van der Waals surface area contributed by atoms with Gasteiger partial charge in [0.05, 0.1) is 6.61 Å². The standard InChI is InChI=1S/C23H23BrClN2O3.ClH/c1-2-13-29-23(21-5-3-4-6-22(21)25)15-27-12-11-26(17-27)14-19(28)16-30-20-9-7-18(24)8-10-20;/h2-12,17,23H,1,13-16H2;1H/q+1;/p-1. The first-order chi connectivity index (χ1) is 14.5. The highest BCUT2D eigenvalue weighted by molar-refractivity contribution is 9.10. The van der Waals surface area contributed by atoms with Crippen LogP contribution >= 0.6 is 27.5 Å². The number of aromatic nitrogens is 2. The first kappa shape index (κ1) is 25.1. The highest BCUT2D eigenvalue weighted by atomic mass is 79.9. The predicted molar refractivity (Wildman–Crippen MR) is 120 cm³/mol. The Bertz CT molecular complexity index is 992. The maximum absolute atomic E-state index is 12.3. The summed E-state index contributed by atoms with van der Waals surface area (Å²) in [5.74, 6) is 0.641. The molecule has 1 unspecified atom stereocenters. The van der Waals surface area contributed by atoms with Gasteiger partial charge in [-0.1, -0.05) is 51.8 Å². The number of ether oxygens (including phenoxy) is 2. The molecule has 2 aromatic carbocycles. The molecular formula is C23H23BrCl2N2O3. The minimum Gasteiger partial charge on any atom is -1.00 e. The Morgan fingerprint density at radius 3 is 2.68 bits per heavy atom. The molecule has 5 nitrogen and oxygen atoms in total. The zero-order valence-electron chi connectivity index (χ0n) is 16.8. The molecule has 0 aliphatic carbocycles. The fourth-order valence-electron chi connectivity index (χ4n) is 2.94. The fraction of sp³-hybridized carbons (Fsp3) is 0.217. The average molecular weight is 526 g/mol. The van der Waals surface area contributed by atoms with Gasteiger partial charge in [-0.3, -0.25) is 4.79 Å². The van der Waals surface area contributed by atoms with Crippen molar-refractivity contribution in [2.75, 3.05) is 13.2 Å². The zero-order chi connectivity index (χ0) is 21.3. The third kappa shape index (κ3) is 7.82. The Balaban J connectivity index is 0.00000341. The highest BCUT2D eigenvalue weighted by Gasteiger charge is 2.19. The van der Waals surface area contributed by atoms with Gasteiger partial charge in [0.25, 0.3) is 0 Å². The number of hydrogen-bond acceptors (Lipinski definition) is 3. The Labute approximate surface area is 201 Å². The van der Waals surface area contributed by atoms with Crippen molar-refractivity contribution in [3.63, 3.8) is 0 Å². The summed E-state index contributed by atoms with van der Waals surface area (Å²) in [6.07, 6.45) is 7.12. The fourth-order valence-corrected chi connectivity index (χ4v) is 3.46. The molecule has 3 aromatic rings. The van der Waals surface area contributed by atoms with E-state index in [1.165, 1.54) is 0 Å². The van der Waals surface area contributed by atoms with Gasteiger partial charge in [-0.15, -0.1) is 6.58 Å². The van der Waals surface area contributed by atoms with E-state index in [0.717, 1.165) is 10.0 Å². The maximum atomic E-state index is 12.3. The van der Waals surface area contributed by atoms with Crippen molar-refractivity contribution in [2.24, 2.45) is 0 Å². The van der Waals surface area contributed by atoms with E-state index in [4.69, 9.17) is 21.1 Å². The number of halogens is 3. The van der Waals surface area contributed by atoms with Crippen molar-refractivity contribution in [3.05, 3.63) is 95.0 Å². The number of Topliss-reactive ketones (excluding diaryl/α,β-unsaturated/α-hetero) is 1. The second-order valence-electron chi connectivity index (χ2n) is 6.70. The van der Waals surface area contributed by atoms with Crippen LogP contribution in [-0.2, 0) is 22.6 Å². The summed E-state index contributed by atoms with van der Waals surface area (Å²) >= 11 is 9.72. The molecule has 8 heteroatoms. The summed E-state index contributed by atoms with van der Waals surface area (Å²) in [6.45, 7) is 4.95. The van der Waals surface area contributed by atoms with Crippen LogP contribution in [0.1, 0.15) is 11.7 Å². The molecule has 0 radical (unpaired) electrons. The van der Waals surface area contributed by atoms with Gasteiger partial charge < -0.3 is 21.9 Å². The van der Waals surface area contributed by atoms with Crippen molar-refractivity contribution in [3.8, 4) is 5.75 Å². The summed E-state index contributed by atoms with van der Waals surface area (Å²) in [4.78, 5) is 12.3. The van der Waals surface area contributed by atoms with Crippen molar-refractivity contribution < 1.29 is 31.2 Å². The molecule has 0 spiro atoms. The number of carbonyl (C=O) groups is 1. The van der Waals surface area contributed by atoms with E-state index in [-0.39, 0.29) is 37.4 Å². The molecule has 0 aliphatic heterocycles. The second kappa shape index (κ2) is 12.7. The molecule has 0 aliphatic rings. The van der Waals surface area contributed by atoms with E-state index < -0.39 is 0 Å². The molecule has 0 saturated carbocycles. The van der Waals surface area contributed by atoms with Crippen molar-refractivity contribution >= 4 is 33.3 Å². The Hall–Kier alpha value is -2.12. The van der Waals surface area contributed by atoms with Gasteiger partial charge in [0.2, 0.25) is 12.1 Å². The van der Waals surface area contributed by atoms with Crippen LogP contribution in [0.5, 0.6) is 5.75 Å². The SMILES string of the molecule is C=CCOC(C[n+]1ccn(CC(=O)COc2ccc(Br)cc2)c1)c1ccccc1Cl.[Cl-]. The second-order valence-corrected chi connectivity index (χ2v) is 8.02. The van der Waals surface area contributed by atoms with Crippen LogP contribution in [0, 0.1) is 0 Å². The lowest BCUT2D eigenvalue weighted by Gasteiger charge is -2.17. The molecule has 0 amide bonds. The number of carbonyl (C=O) groups excluding carboxylic acids is 1. The Morgan fingerprint density at radius 2 is 1.97 bits per heavy atom. The monoisotopic (exact) mass is 524 g/mol.